The van der Waals surface area contributed by atoms with E-state index in [4.69, 9.17) is 11.6 Å². The van der Waals surface area contributed by atoms with E-state index < -0.39 is 5.54 Å². The maximum atomic E-state index is 6.18. The summed E-state index contributed by atoms with van der Waals surface area (Å²) in [5.74, 6) is 6.18. The van der Waals surface area contributed by atoms with Crippen molar-refractivity contribution >= 4 is 17.1 Å². The van der Waals surface area contributed by atoms with Crippen LogP contribution in [0.25, 0.3) is 0 Å². The molecule has 3 aromatic rings. The first-order valence-corrected chi connectivity index (χ1v) is 7.95. The van der Waals surface area contributed by atoms with E-state index in [0.29, 0.717) is 0 Å². The second kappa shape index (κ2) is 5.37. The smallest absolute Gasteiger partial charge is 0.111 e. The number of rotatable bonds is 2. The molecule has 120 valence electrons. The highest BCUT2D eigenvalue weighted by Crippen LogP contribution is 2.49. The van der Waals surface area contributed by atoms with E-state index in [1.54, 1.807) is 0 Å². The Morgan fingerprint density at radius 2 is 1.29 bits per heavy atom. The maximum absolute atomic E-state index is 6.18. The molecule has 0 saturated heterocycles. The Labute approximate surface area is 141 Å². The molecule has 1 heterocycles. The van der Waals surface area contributed by atoms with Gasteiger partial charge in [-0.2, -0.15) is 0 Å². The zero-order valence-corrected chi connectivity index (χ0v) is 13.5. The van der Waals surface area contributed by atoms with E-state index in [-0.39, 0.29) is 0 Å². The van der Waals surface area contributed by atoms with E-state index in [1.807, 2.05) is 48.5 Å². The van der Waals surface area contributed by atoms with Gasteiger partial charge in [-0.15, -0.1) is 0 Å². The molecule has 4 nitrogen and oxygen atoms in total. The van der Waals surface area contributed by atoms with Crippen molar-refractivity contribution in [1.82, 2.24) is 5.43 Å². The van der Waals surface area contributed by atoms with Crippen molar-refractivity contribution in [1.29, 1.82) is 0 Å². The molecule has 0 spiro atoms. The predicted molar refractivity (Wildman–Crippen MR) is 99.0 cm³/mol. The molecule has 0 fully saturated rings. The second-order valence-electron chi connectivity index (χ2n) is 6.11. The predicted octanol–water partition coefficient (Wildman–Crippen LogP) is 3.11. The molecule has 4 heteroatoms. The lowest BCUT2D eigenvalue weighted by molar-refractivity contribution is 0.484. The third kappa shape index (κ3) is 1.87. The van der Waals surface area contributed by atoms with Gasteiger partial charge in [0.05, 0.1) is 0 Å². The Kier molecular flexibility index (Phi) is 3.30. The maximum Gasteiger partial charge on any atom is 0.111 e. The minimum absolute atomic E-state index is 0.618. The number of nitrogens with two attached hydrogens (primary N) is 2. The molecule has 3 aromatic carbocycles. The fourth-order valence-electron chi connectivity index (χ4n) is 3.72. The lowest BCUT2D eigenvalue weighted by Crippen LogP contribution is -2.51. The number of anilines is 3. The van der Waals surface area contributed by atoms with Crippen LogP contribution in [0.1, 0.15) is 16.7 Å². The van der Waals surface area contributed by atoms with Crippen molar-refractivity contribution in [3.63, 3.8) is 0 Å². The molecular formula is C20H20N4. The van der Waals surface area contributed by atoms with E-state index in [9.17, 15) is 0 Å². The minimum atomic E-state index is -0.618. The third-order valence-electron chi connectivity index (χ3n) is 4.90. The minimum Gasteiger partial charge on any atom is -0.399 e. The molecule has 1 aliphatic heterocycles. The van der Waals surface area contributed by atoms with Gasteiger partial charge >= 0.3 is 0 Å². The summed E-state index contributed by atoms with van der Waals surface area (Å²) in [4.78, 5) is 2.21. The summed E-state index contributed by atoms with van der Waals surface area (Å²) in [7, 11) is 2.08. The number of para-hydroxylation sites is 2. The number of nitrogens with one attached hydrogen (secondary N) is 1. The van der Waals surface area contributed by atoms with E-state index in [1.165, 1.54) is 0 Å². The quantitative estimate of drug-likeness (QED) is 0.386. The lowest BCUT2D eigenvalue weighted by atomic mass is 9.73. The molecule has 24 heavy (non-hydrogen) atoms. The van der Waals surface area contributed by atoms with Crippen LogP contribution in [0.3, 0.4) is 0 Å². The Balaban J connectivity index is 2.10. The number of hydrogen-bond donors (Lipinski definition) is 3. The van der Waals surface area contributed by atoms with E-state index >= 15 is 0 Å². The SMILES string of the molecule is CN1c2ccccc2C(NN)(c2ccc(N)cc2)c2ccccc21. The Hall–Kier alpha value is -2.82. The van der Waals surface area contributed by atoms with Crippen molar-refractivity contribution < 1.29 is 0 Å². The number of hydrazine groups is 1. The van der Waals surface area contributed by atoms with Crippen molar-refractivity contribution in [2.45, 2.75) is 5.54 Å². The van der Waals surface area contributed by atoms with Crippen molar-refractivity contribution in [3.8, 4) is 0 Å². The van der Waals surface area contributed by atoms with Gasteiger partial charge in [0, 0.05) is 35.2 Å². The number of nitrogen functional groups attached to an aromatic ring is 1. The number of benzene rings is 3. The molecule has 5 N–H and O–H groups in total. The summed E-state index contributed by atoms with van der Waals surface area (Å²) >= 11 is 0. The van der Waals surface area contributed by atoms with Gasteiger partial charge in [-0.05, 0) is 29.8 Å². The summed E-state index contributed by atoms with van der Waals surface area (Å²) in [6, 6.07) is 24.6. The summed E-state index contributed by atoms with van der Waals surface area (Å²) in [6.07, 6.45) is 0. The van der Waals surface area contributed by atoms with Crippen LogP contribution in [0, 0.1) is 0 Å². The van der Waals surface area contributed by atoms with Crippen LogP contribution >= 0.6 is 0 Å². The summed E-state index contributed by atoms with van der Waals surface area (Å²) in [5.41, 5.74) is 14.7. The first kappa shape index (κ1) is 14.8. The standard InChI is InChI=1S/C20H20N4/c1-24-18-8-4-2-6-16(18)20(23-22,14-10-12-15(21)13-11-14)17-7-3-5-9-19(17)24/h2-13,23H,21-22H2,1H3. The highest BCUT2D eigenvalue weighted by atomic mass is 15.3. The zero-order chi connectivity index (χ0) is 16.7. The Morgan fingerprint density at radius 3 is 1.79 bits per heavy atom. The van der Waals surface area contributed by atoms with Crippen LogP contribution in [0.2, 0.25) is 0 Å². The van der Waals surface area contributed by atoms with Crippen LogP contribution < -0.4 is 21.9 Å². The monoisotopic (exact) mass is 316 g/mol. The topological polar surface area (TPSA) is 67.3 Å². The van der Waals surface area contributed by atoms with Crippen molar-refractivity contribution in [2.24, 2.45) is 5.84 Å². The second-order valence-corrected chi connectivity index (χ2v) is 6.11. The van der Waals surface area contributed by atoms with Crippen LogP contribution in [0.15, 0.2) is 72.8 Å². The van der Waals surface area contributed by atoms with Gasteiger partial charge in [-0.25, -0.2) is 5.43 Å². The van der Waals surface area contributed by atoms with Crippen LogP contribution in [-0.4, -0.2) is 7.05 Å². The molecule has 1 aliphatic rings. The van der Waals surface area contributed by atoms with Gasteiger partial charge in [-0.3, -0.25) is 5.84 Å². The fraction of sp³-hybridized carbons (Fsp3) is 0.100. The first-order chi connectivity index (χ1) is 11.7. The molecule has 0 atom stereocenters. The largest absolute Gasteiger partial charge is 0.399 e. The van der Waals surface area contributed by atoms with Gasteiger partial charge < -0.3 is 10.6 Å². The molecule has 0 radical (unpaired) electrons. The summed E-state index contributed by atoms with van der Waals surface area (Å²) in [6.45, 7) is 0. The molecule has 0 amide bonds. The molecule has 4 rings (SSSR count). The van der Waals surface area contributed by atoms with Gasteiger partial charge in [0.2, 0.25) is 0 Å². The molecular weight excluding hydrogens is 296 g/mol. The average Bonchev–Trinajstić information content (AvgIpc) is 2.64. The van der Waals surface area contributed by atoms with Gasteiger partial charge in [0.15, 0.2) is 0 Å². The fourth-order valence-corrected chi connectivity index (χ4v) is 3.72. The lowest BCUT2D eigenvalue weighted by Gasteiger charge is -2.44. The van der Waals surface area contributed by atoms with Crippen LogP contribution in [0.4, 0.5) is 17.1 Å². The van der Waals surface area contributed by atoms with Crippen molar-refractivity contribution in [2.75, 3.05) is 17.7 Å². The number of fused-ring (bicyclic) bond motifs is 2. The summed E-state index contributed by atoms with van der Waals surface area (Å²) in [5, 5.41) is 0. The molecule has 0 bridgehead atoms. The Morgan fingerprint density at radius 1 is 0.792 bits per heavy atom. The van der Waals surface area contributed by atoms with Gasteiger partial charge in [0.25, 0.3) is 0 Å². The highest BCUT2D eigenvalue weighted by molar-refractivity contribution is 5.79. The van der Waals surface area contributed by atoms with Crippen LogP contribution in [0.5, 0.6) is 0 Å². The zero-order valence-electron chi connectivity index (χ0n) is 13.5. The average molecular weight is 316 g/mol. The van der Waals surface area contributed by atoms with Crippen molar-refractivity contribution in [3.05, 3.63) is 89.5 Å². The number of nitrogens with zero attached hydrogens (tertiary/aromatic N) is 1. The van der Waals surface area contributed by atoms with Crippen LogP contribution in [-0.2, 0) is 5.54 Å². The highest BCUT2D eigenvalue weighted by Gasteiger charge is 2.43. The molecule has 0 saturated carbocycles. The first-order valence-electron chi connectivity index (χ1n) is 7.95. The summed E-state index contributed by atoms with van der Waals surface area (Å²) < 4.78 is 0. The Bertz CT molecular complexity index is 839. The number of hydrogen-bond acceptors (Lipinski definition) is 4. The van der Waals surface area contributed by atoms with E-state index in [0.717, 1.165) is 33.8 Å². The molecule has 0 aromatic heterocycles. The molecule has 0 aliphatic carbocycles. The van der Waals surface area contributed by atoms with E-state index in [2.05, 4.69) is 41.6 Å². The molecule has 0 unspecified atom stereocenters. The van der Waals surface area contributed by atoms with Gasteiger partial charge in [0.1, 0.15) is 5.54 Å². The van der Waals surface area contributed by atoms with Gasteiger partial charge in [-0.1, -0.05) is 48.5 Å². The normalized spacial score (nSPS) is 14.8. The third-order valence-corrected chi connectivity index (χ3v) is 4.90.